The standard InChI is InChI=1S/C33H49N5O6/c1-22(2)34-32(41)35-27-15-16-29-28(18-27)31(40)38(24(4)21-39)19-23(3)30(43-17-11-10-12-25(5)44-29)20-37(6)33(42)36-26-13-8-7-9-14-26/h7-9,13-16,18,22-25,30,39H,10-12,17,19-21H2,1-6H3,(H,36,42)(H2,34,35,41)/t23-,24+,25-,30-/m0/s1. The van der Waals surface area contributed by atoms with Crippen LogP contribution in [0.2, 0.25) is 0 Å². The van der Waals surface area contributed by atoms with E-state index >= 15 is 0 Å². The van der Waals surface area contributed by atoms with Crippen molar-refractivity contribution in [1.82, 2.24) is 15.1 Å². The van der Waals surface area contributed by atoms with E-state index in [0.717, 1.165) is 19.3 Å². The van der Waals surface area contributed by atoms with Gasteiger partial charge in [0.15, 0.2) is 0 Å². The van der Waals surface area contributed by atoms with E-state index in [1.54, 1.807) is 42.0 Å². The minimum absolute atomic E-state index is 0.0564. The molecule has 0 spiro atoms. The molecule has 4 atom stereocenters. The first kappa shape index (κ1) is 34.7. The summed E-state index contributed by atoms with van der Waals surface area (Å²) < 4.78 is 12.6. The number of amides is 5. The van der Waals surface area contributed by atoms with Gasteiger partial charge in [-0.3, -0.25) is 4.79 Å². The van der Waals surface area contributed by atoms with Gasteiger partial charge in [-0.05, 0) is 77.3 Å². The predicted molar refractivity (Wildman–Crippen MR) is 172 cm³/mol. The Hall–Kier alpha value is -3.83. The maximum atomic E-state index is 14.2. The Morgan fingerprint density at radius 1 is 1.05 bits per heavy atom. The lowest BCUT2D eigenvalue weighted by Gasteiger charge is -2.35. The average Bonchev–Trinajstić information content (AvgIpc) is 2.98. The molecule has 44 heavy (non-hydrogen) atoms. The number of ether oxygens (including phenoxy) is 2. The van der Waals surface area contributed by atoms with Gasteiger partial charge in [-0.15, -0.1) is 0 Å². The number of rotatable bonds is 7. The van der Waals surface area contributed by atoms with Crippen LogP contribution in [-0.2, 0) is 4.74 Å². The van der Waals surface area contributed by atoms with Gasteiger partial charge in [0.25, 0.3) is 5.91 Å². The molecular weight excluding hydrogens is 562 g/mol. The molecule has 0 fully saturated rings. The number of nitrogens with one attached hydrogen (secondary N) is 3. The van der Waals surface area contributed by atoms with Crippen molar-refractivity contribution in [3.63, 3.8) is 0 Å². The van der Waals surface area contributed by atoms with Crippen molar-refractivity contribution < 1.29 is 29.0 Å². The number of hydrogen-bond donors (Lipinski definition) is 4. The van der Waals surface area contributed by atoms with Crippen LogP contribution >= 0.6 is 0 Å². The van der Waals surface area contributed by atoms with Gasteiger partial charge in [-0.2, -0.15) is 0 Å². The minimum Gasteiger partial charge on any atom is -0.490 e. The summed E-state index contributed by atoms with van der Waals surface area (Å²) >= 11 is 0. The fourth-order valence-electron chi connectivity index (χ4n) is 4.99. The van der Waals surface area contributed by atoms with Crippen LogP contribution < -0.4 is 20.7 Å². The van der Waals surface area contributed by atoms with Gasteiger partial charge in [-0.1, -0.05) is 25.1 Å². The Kier molecular flexibility index (Phi) is 13.3. The summed E-state index contributed by atoms with van der Waals surface area (Å²) in [5, 5.41) is 18.6. The number of para-hydroxylation sites is 1. The molecule has 1 heterocycles. The maximum absolute atomic E-state index is 14.2. The molecule has 2 aromatic rings. The fourth-order valence-corrected chi connectivity index (χ4v) is 4.99. The van der Waals surface area contributed by atoms with E-state index in [9.17, 15) is 19.5 Å². The Bertz CT molecular complexity index is 1230. The monoisotopic (exact) mass is 611 g/mol. The molecular formula is C33H49N5O6. The predicted octanol–water partition coefficient (Wildman–Crippen LogP) is 5.18. The third kappa shape index (κ3) is 10.4. The third-order valence-corrected chi connectivity index (χ3v) is 7.55. The quantitative estimate of drug-likeness (QED) is 0.341. The summed E-state index contributed by atoms with van der Waals surface area (Å²) in [4.78, 5) is 42.8. The first-order chi connectivity index (χ1) is 21.0. The molecule has 0 saturated heterocycles. The van der Waals surface area contributed by atoms with E-state index in [4.69, 9.17) is 9.47 Å². The molecule has 0 bridgehead atoms. The van der Waals surface area contributed by atoms with Crippen LogP contribution in [0, 0.1) is 5.92 Å². The van der Waals surface area contributed by atoms with Crippen LogP contribution in [0.4, 0.5) is 21.0 Å². The lowest BCUT2D eigenvalue weighted by atomic mass is 10.0. The zero-order valence-corrected chi connectivity index (χ0v) is 26.8. The maximum Gasteiger partial charge on any atom is 0.321 e. The lowest BCUT2D eigenvalue weighted by molar-refractivity contribution is -0.0115. The molecule has 1 aliphatic heterocycles. The number of urea groups is 2. The Morgan fingerprint density at radius 3 is 2.45 bits per heavy atom. The number of benzene rings is 2. The number of hydrogen-bond acceptors (Lipinski definition) is 6. The van der Waals surface area contributed by atoms with Gasteiger partial charge in [-0.25, -0.2) is 9.59 Å². The number of likely N-dealkylation sites (N-methyl/N-ethyl adjacent to an activating group) is 1. The summed E-state index contributed by atoms with van der Waals surface area (Å²) in [6.45, 7) is 10.3. The van der Waals surface area contributed by atoms with Gasteiger partial charge in [0, 0.05) is 50.1 Å². The second-order valence-corrected chi connectivity index (χ2v) is 11.9. The van der Waals surface area contributed by atoms with Crippen LogP contribution in [0.25, 0.3) is 0 Å². The zero-order valence-electron chi connectivity index (χ0n) is 26.8. The van der Waals surface area contributed by atoms with Gasteiger partial charge in [0.2, 0.25) is 0 Å². The van der Waals surface area contributed by atoms with Crippen molar-refractivity contribution in [2.24, 2.45) is 5.92 Å². The molecule has 11 nitrogen and oxygen atoms in total. The fraction of sp³-hybridized carbons (Fsp3) is 0.545. The zero-order chi connectivity index (χ0) is 32.2. The second-order valence-electron chi connectivity index (χ2n) is 11.9. The number of aliphatic hydroxyl groups is 1. The van der Waals surface area contributed by atoms with Crippen LogP contribution in [0.15, 0.2) is 48.5 Å². The molecule has 0 radical (unpaired) electrons. The Morgan fingerprint density at radius 2 is 1.77 bits per heavy atom. The van der Waals surface area contributed by atoms with Crippen LogP contribution in [0.5, 0.6) is 5.75 Å². The first-order valence-corrected chi connectivity index (χ1v) is 15.5. The van der Waals surface area contributed by atoms with Gasteiger partial charge >= 0.3 is 12.1 Å². The van der Waals surface area contributed by atoms with Crippen molar-refractivity contribution in [1.29, 1.82) is 0 Å². The molecule has 0 aromatic heterocycles. The topological polar surface area (TPSA) is 132 Å². The summed E-state index contributed by atoms with van der Waals surface area (Å²) in [6.07, 6.45) is 1.89. The van der Waals surface area contributed by atoms with E-state index in [0.29, 0.717) is 35.8 Å². The molecule has 5 amide bonds. The van der Waals surface area contributed by atoms with Crippen molar-refractivity contribution in [2.45, 2.75) is 78.2 Å². The van der Waals surface area contributed by atoms with Gasteiger partial charge < -0.3 is 40.3 Å². The van der Waals surface area contributed by atoms with E-state index in [1.807, 2.05) is 58.0 Å². The van der Waals surface area contributed by atoms with Crippen LogP contribution in [0.1, 0.15) is 64.2 Å². The number of aliphatic hydroxyl groups excluding tert-OH is 1. The highest BCUT2D eigenvalue weighted by molar-refractivity contribution is 5.99. The lowest BCUT2D eigenvalue weighted by Crippen LogP contribution is -2.48. The Balaban J connectivity index is 1.89. The molecule has 11 heteroatoms. The molecule has 242 valence electrons. The smallest absolute Gasteiger partial charge is 0.321 e. The second kappa shape index (κ2) is 16.9. The van der Waals surface area contributed by atoms with Crippen molar-refractivity contribution in [3.8, 4) is 5.75 Å². The number of carbonyl (C=O) groups excluding carboxylic acids is 3. The molecule has 4 N–H and O–H groups in total. The Labute approximate surface area is 261 Å². The van der Waals surface area contributed by atoms with E-state index < -0.39 is 6.04 Å². The SMILES string of the molecule is CC(C)NC(=O)Nc1ccc2c(c1)C(=O)N([C@H](C)CO)C[C@H](C)[C@H](CN(C)C(=O)Nc1ccccc1)OCCCC[C@H](C)O2. The molecule has 0 saturated carbocycles. The molecule has 0 aliphatic carbocycles. The summed E-state index contributed by atoms with van der Waals surface area (Å²) in [7, 11) is 1.72. The highest BCUT2D eigenvalue weighted by Gasteiger charge is 2.31. The molecule has 0 unspecified atom stereocenters. The highest BCUT2D eigenvalue weighted by atomic mass is 16.5. The largest absolute Gasteiger partial charge is 0.490 e. The van der Waals surface area contributed by atoms with Crippen molar-refractivity contribution >= 4 is 29.3 Å². The number of fused-ring (bicyclic) bond motifs is 1. The molecule has 1 aliphatic rings. The minimum atomic E-state index is -0.510. The molecule has 2 aromatic carbocycles. The number of anilines is 2. The first-order valence-electron chi connectivity index (χ1n) is 15.5. The summed E-state index contributed by atoms with van der Waals surface area (Å²) in [5.41, 5.74) is 1.44. The van der Waals surface area contributed by atoms with E-state index in [-0.39, 0.29) is 55.3 Å². The summed E-state index contributed by atoms with van der Waals surface area (Å²) in [6, 6.07) is 13.1. The van der Waals surface area contributed by atoms with Gasteiger partial charge in [0.1, 0.15) is 5.75 Å². The molecule has 3 rings (SSSR count). The third-order valence-electron chi connectivity index (χ3n) is 7.55. The van der Waals surface area contributed by atoms with Crippen molar-refractivity contribution in [2.75, 3.05) is 44.0 Å². The van der Waals surface area contributed by atoms with Gasteiger partial charge in [0.05, 0.1) is 30.4 Å². The number of nitrogens with zero attached hydrogens (tertiary/aromatic N) is 2. The highest BCUT2D eigenvalue weighted by Crippen LogP contribution is 2.28. The van der Waals surface area contributed by atoms with Crippen LogP contribution in [0.3, 0.4) is 0 Å². The normalized spacial score (nSPS) is 20.5. The van der Waals surface area contributed by atoms with Crippen LogP contribution in [-0.4, -0.2) is 90.5 Å². The average molecular weight is 612 g/mol. The summed E-state index contributed by atoms with van der Waals surface area (Å²) in [5.74, 6) is -0.105. The van der Waals surface area contributed by atoms with E-state index in [2.05, 4.69) is 16.0 Å². The van der Waals surface area contributed by atoms with E-state index in [1.165, 1.54) is 0 Å². The van der Waals surface area contributed by atoms with Crippen molar-refractivity contribution in [3.05, 3.63) is 54.1 Å². The number of carbonyl (C=O) groups is 3.